The van der Waals surface area contributed by atoms with E-state index in [1.165, 1.54) is 19.5 Å². The molecule has 3 aromatic rings. The number of hydrogen-bond acceptors (Lipinski definition) is 7. The van der Waals surface area contributed by atoms with E-state index in [4.69, 9.17) is 5.41 Å². The standard InChI is InChI=1S/C19H15F4N5O3S2/c1-27-15(30)14(16(32)28(2)18(27)31)11(24)6-13(29)26-17-25-12(7-33-17)9-5-8(19(21,22)23)3-4-10(9)20/h3-5,7,24,32H,6H2,1-2H3,(H,25,26,29). The smallest absolute Gasteiger partial charge is 0.304 e. The van der Waals surface area contributed by atoms with Crippen molar-refractivity contribution in [2.45, 2.75) is 17.6 Å². The van der Waals surface area contributed by atoms with E-state index in [9.17, 15) is 31.9 Å². The molecule has 0 bridgehead atoms. The summed E-state index contributed by atoms with van der Waals surface area (Å²) in [7, 11) is 2.57. The van der Waals surface area contributed by atoms with E-state index in [0.29, 0.717) is 18.2 Å². The van der Waals surface area contributed by atoms with Crippen molar-refractivity contribution in [2.75, 3.05) is 5.32 Å². The maximum atomic E-state index is 14.1. The Hall–Kier alpha value is -3.26. The summed E-state index contributed by atoms with van der Waals surface area (Å²) in [6.07, 6.45) is -5.24. The van der Waals surface area contributed by atoms with Crippen LogP contribution in [0.15, 0.2) is 38.2 Å². The number of nitrogens with zero attached hydrogens (tertiary/aromatic N) is 3. The Morgan fingerprint density at radius 2 is 1.91 bits per heavy atom. The molecule has 2 heterocycles. The van der Waals surface area contributed by atoms with Crippen molar-refractivity contribution in [3.8, 4) is 11.3 Å². The lowest BCUT2D eigenvalue weighted by Gasteiger charge is -2.11. The molecule has 14 heteroatoms. The summed E-state index contributed by atoms with van der Waals surface area (Å²) < 4.78 is 54.6. The maximum absolute atomic E-state index is 14.1. The number of amides is 1. The van der Waals surface area contributed by atoms with Gasteiger partial charge in [-0.25, -0.2) is 14.2 Å². The highest BCUT2D eigenvalue weighted by Gasteiger charge is 2.31. The first-order valence-corrected chi connectivity index (χ1v) is 10.3. The summed E-state index contributed by atoms with van der Waals surface area (Å²) in [6.45, 7) is 0. The van der Waals surface area contributed by atoms with Crippen LogP contribution in [0.25, 0.3) is 11.3 Å². The van der Waals surface area contributed by atoms with E-state index in [-0.39, 0.29) is 27.0 Å². The minimum Gasteiger partial charge on any atom is -0.304 e. The molecule has 1 aromatic carbocycles. The fraction of sp³-hybridized carbons (Fsp3) is 0.211. The molecule has 8 nitrogen and oxygen atoms in total. The zero-order valence-corrected chi connectivity index (χ0v) is 18.7. The molecule has 0 atom stereocenters. The summed E-state index contributed by atoms with van der Waals surface area (Å²) in [5, 5.41) is 11.6. The average Bonchev–Trinajstić information content (AvgIpc) is 3.18. The van der Waals surface area contributed by atoms with Gasteiger partial charge < -0.3 is 10.7 Å². The van der Waals surface area contributed by atoms with Crippen molar-refractivity contribution in [2.24, 2.45) is 14.1 Å². The number of carbonyl (C=O) groups is 1. The molecule has 0 radical (unpaired) electrons. The second-order valence-corrected chi connectivity index (χ2v) is 8.12. The fourth-order valence-corrected chi connectivity index (χ4v) is 3.91. The zero-order chi connectivity index (χ0) is 24.7. The number of halogens is 4. The molecule has 0 aliphatic rings. The first-order chi connectivity index (χ1) is 15.3. The number of nitrogens with one attached hydrogen (secondary N) is 2. The van der Waals surface area contributed by atoms with Crippen molar-refractivity contribution in [3.63, 3.8) is 0 Å². The summed E-state index contributed by atoms with van der Waals surface area (Å²) in [4.78, 5) is 40.5. The van der Waals surface area contributed by atoms with Gasteiger partial charge in [0.15, 0.2) is 5.13 Å². The third-order valence-electron chi connectivity index (χ3n) is 4.59. The SMILES string of the molecule is Cn1c(S)c(C(=N)CC(=O)Nc2nc(-c3cc(C(F)(F)F)ccc3F)cs2)c(=O)n(C)c1=O. The molecule has 0 saturated carbocycles. The summed E-state index contributed by atoms with van der Waals surface area (Å²) in [5.74, 6) is -1.67. The van der Waals surface area contributed by atoms with E-state index >= 15 is 0 Å². The largest absolute Gasteiger partial charge is 0.416 e. The van der Waals surface area contributed by atoms with Crippen LogP contribution in [0, 0.1) is 11.2 Å². The average molecular weight is 501 g/mol. The highest BCUT2D eigenvalue weighted by atomic mass is 32.1. The van der Waals surface area contributed by atoms with Crippen molar-refractivity contribution in [1.29, 1.82) is 5.41 Å². The molecule has 0 unspecified atom stereocenters. The second-order valence-electron chi connectivity index (χ2n) is 6.84. The summed E-state index contributed by atoms with van der Waals surface area (Å²) >= 11 is 4.93. The van der Waals surface area contributed by atoms with Gasteiger partial charge in [-0.2, -0.15) is 13.2 Å². The summed E-state index contributed by atoms with van der Waals surface area (Å²) in [6, 6.07) is 1.91. The second kappa shape index (κ2) is 8.94. The van der Waals surface area contributed by atoms with Gasteiger partial charge in [-0.05, 0) is 18.2 Å². The van der Waals surface area contributed by atoms with Crippen LogP contribution in [0.2, 0.25) is 0 Å². The molecule has 33 heavy (non-hydrogen) atoms. The minimum absolute atomic E-state index is 0.0425. The third kappa shape index (κ3) is 4.90. The van der Waals surface area contributed by atoms with Crippen LogP contribution in [0.1, 0.15) is 17.5 Å². The normalized spacial score (nSPS) is 11.5. The van der Waals surface area contributed by atoms with Crippen LogP contribution < -0.4 is 16.6 Å². The number of alkyl halides is 3. The fourth-order valence-electron chi connectivity index (χ4n) is 2.86. The van der Waals surface area contributed by atoms with Crippen molar-refractivity contribution < 1.29 is 22.4 Å². The number of benzene rings is 1. The molecule has 0 fully saturated rings. The topological polar surface area (TPSA) is 110 Å². The van der Waals surface area contributed by atoms with Gasteiger partial charge in [-0.3, -0.25) is 18.7 Å². The van der Waals surface area contributed by atoms with Gasteiger partial charge >= 0.3 is 11.9 Å². The molecule has 3 rings (SSSR count). The third-order valence-corrected chi connectivity index (χ3v) is 5.87. The van der Waals surface area contributed by atoms with Gasteiger partial charge in [-0.15, -0.1) is 24.0 Å². The molecule has 1 amide bonds. The first kappa shape index (κ1) is 24.4. The van der Waals surface area contributed by atoms with Crippen LogP contribution >= 0.6 is 24.0 Å². The molecule has 0 aliphatic carbocycles. The molecular formula is C19H15F4N5O3S2. The van der Waals surface area contributed by atoms with Gasteiger partial charge in [0.05, 0.1) is 34.0 Å². The molecule has 0 aliphatic heterocycles. The lowest BCUT2D eigenvalue weighted by molar-refractivity contribution is -0.137. The maximum Gasteiger partial charge on any atom is 0.416 e. The number of hydrogen-bond donors (Lipinski definition) is 3. The van der Waals surface area contributed by atoms with Gasteiger partial charge in [-0.1, -0.05) is 0 Å². The molecule has 174 valence electrons. The van der Waals surface area contributed by atoms with E-state index in [2.05, 4.69) is 22.9 Å². The van der Waals surface area contributed by atoms with Crippen molar-refractivity contribution >= 4 is 40.7 Å². The number of aromatic nitrogens is 3. The lowest BCUT2D eigenvalue weighted by Crippen LogP contribution is -2.41. The highest BCUT2D eigenvalue weighted by Crippen LogP contribution is 2.34. The van der Waals surface area contributed by atoms with Gasteiger partial charge in [0.2, 0.25) is 5.91 Å². The Labute approximate surface area is 192 Å². The zero-order valence-electron chi connectivity index (χ0n) is 17.0. The van der Waals surface area contributed by atoms with Gasteiger partial charge in [0.25, 0.3) is 5.56 Å². The van der Waals surface area contributed by atoms with Crippen LogP contribution in [0.3, 0.4) is 0 Å². The van der Waals surface area contributed by atoms with E-state index in [1.807, 2.05) is 0 Å². The first-order valence-electron chi connectivity index (χ1n) is 9.00. The van der Waals surface area contributed by atoms with Crippen molar-refractivity contribution in [3.05, 3.63) is 61.4 Å². The van der Waals surface area contributed by atoms with Gasteiger partial charge in [0, 0.05) is 25.0 Å². The molecular weight excluding hydrogens is 486 g/mol. The van der Waals surface area contributed by atoms with Gasteiger partial charge in [0.1, 0.15) is 5.82 Å². The Bertz CT molecular complexity index is 1390. The number of thiol groups is 1. The van der Waals surface area contributed by atoms with Crippen LogP contribution in [0.5, 0.6) is 0 Å². The van der Waals surface area contributed by atoms with E-state index < -0.39 is 46.8 Å². The minimum atomic E-state index is -4.67. The Morgan fingerprint density at radius 1 is 1.24 bits per heavy atom. The monoisotopic (exact) mass is 501 g/mol. The van der Waals surface area contributed by atoms with E-state index in [1.54, 1.807) is 0 Å². The number of anilines is 1. The predicted octanol–water partition coefficient (Wildman–Crippen LogP) is 3.05. The lowest BCUT2D eigenvalue weighted by atomic mass is 10.1. The van der Waals surface area contributed by atoms with Crippen LogP contribution in [-0.4, -0.2) is 25.7 Å². The van der Waals surface area contributed by atoms with Crippen LogP contribution in [0.4, 0.5) is 22.7 Å². The Kier molecular flexibility index (Phi) is 6.61. The van der Waals surface area contributed by atoms with Crippen molar-refractivity contribution in [1.82, 2.24) is 14.1 Å². The molecule has 0 saturated heterocycles. The molecule has 2 aromatic heterocycles. The number of rotatable bonds is 5. The molecule has 2 N–H and O–H groups in total. The van der Waals surface area contributed by atoms with Crippen LogP contribution in [-0.2, 0) is 25.1 Å². The highest BCUT2D eigenvalue weighted by molar-refractivity contribution is 7.80. The Balaban J connectivity index is 1.80. The quantitative estimate of drug-likeness (QED) is 0.216. The Morgan fingerprint density at radius 3 is 2.55 bits per heavy atom. The van der Waals surface area contributed by atoms with E-state index in [0.717, 1.165) is 20.5 Å². The predicted molar refractivity (Wildman–Crippen MR) is 117 cm³/mol. The number of thiazole rings is 1. The molecule has 0 spiro atoms. The number of carbonyl (C=O) groups excluding carboxylic acids is 1. The summed E-state index contributed by atoms with van der Waals surface area (Å²) in [5.41, 5.74) is -3.63.